The van der Waals surface area contributed by atoms with Gasteiger partial charge in [-0.3, -0.25) is 0 Å². The second-order valence-corrected chi connectivity index (χ2v) is 7.31. The molecule has 8 heteroatoms. The highest BCUT2D eigenvalue weighted by atomic mass is 79.9. The second kappa shape index (κ2) is 6.74. The Hall–Kier alpha value is 0.150. The van der Waals surface area contributed by atoms with Crippen LogP contribution < -0.4 is 5.32 Å². The van der Waals surface area contributed by atoms with Gasteiger partial charge in [-0.05, 0) is 35.0 Å². The molecule has 1 aromatic carbocycles. The standard InChI is InChI=1S/C11H14BrClN2O2S.ClH/c1-8-7-14-5-6-15(8)18(16,17)11-9(12)3-2-4-10(11)13;/h2-4,8,14H,5-7H2,1H3;1H/t8-;/m1./s1. The SMILES string of the molecule is C[C@@H]1CNCCN1S(=O)(=O)c1c(Cl)cccc1Br.Cl. The van der Waals surface area contributed by atoms with Crippen molar-refractivity contribution < 1.29 is 8.42 Å². The van der Waals surface area contributed by atoms with Gasteiger partial charge < -0.3 is 5.32 Å². The van der Waals surface area contributed by atoms with Crippen LogP contribution in [0.25, 0.3) is 0 Å². The molecule has 1 aromatic rings. The lowest BCUT2D eigenvalue weighted by molar-refractivity contribution is 0.284. The van der Waals surface area contributed by atoms with E-state index >= 15 is 0 Å². The Morgan fingerprint density at radius 2 is 2.16 bits per heavy atom. The number of sulfonamides is 1. The molecule has 0 radical (unpaired) electrons. The predicted octanol–water partition coefficient (Wildman–Crippen LogP) is 2.51. The smallest absolute Gasteiger partial charge is 0.246 e. The molecule has 0 aliphatic carbocycles. The van der Waals surface area contributed by atoms with Gasteiger partial charge in [-0.2, -0.15) is 4.31 Å². The van der Waals surface area contributed by atoms with E-state index in [0.717, 1.165) is 0 Å². The Kier molecular flexibility index (Phi) is 6.10. The predicted molar refractivity (Wildman–Crippen MR) is 82.6 cm³/mol. The summed E-state index contributed by atoms with van der Waals surface area (Å²) < 4.78 is 27.2. The molecule has 1 N–H and O–H groups in total. The van der Waals surface area contributed by atoms with E-state index in [0.29, 0.717) is 24.1 Å². The summed E-state index contributed by atoms with van der Waals surface area (Å²) in [6.07, 6.45) is 0. The Bertz CT molecular complexity index is 533. The van der Waals surface area contributed by atoms with Gasteiger partial charge in [0.05, 0.1) is 5.02 Å². The minimum atomic E-state index is -3.56. The molecule has 1 atom stereocenters. The van der Waals surface area contributed by atoms with E-state index in [2.05, 4.69) is 21.2 Å². The van der Waals surface area contributed by atoms with Crippen molar-refractivity contribution in [2.24, 2.45) is 0 Å². The summed E-state index contributed by atoms with van der Waals surface area (Å²) in [6, 6.07) is 4.91. The minimum Gasteiger partial charge on any atom is -0.314 e. The van der Waals surface area contributed by atoms with Crippen molar-refractivity contribution in [3.63, 3.8) is 0 Å². The summed E-state index contributed by atoms with van der Waals surface area (Å²) >= 11 is 9.29. The Morgan fingerprint density at radius 3 is 2.74 bits per heavy atom. The molecular weight excluding hydrogens is 375 g/mol. The summed E-state index contributed by atoms with van der Waals surface area (Å²) in [5.41, 5.74) is 0. The van der Waals surface area contributed by atoms with E-state index < -0.39 is 10.0 Å². The van der Waals surface area contributed by atoms with Crippen LogP contribution >= 0.6 is 39.9 Å². The Balaban J connectivity index is 0.00000180. The van der Waals surface area contributed by atoms with Crippen LogP contribution in [0.1, 0.15) is 6.92 Å². The molecule has 0 aromatic heterocycles. The molecule has 0 unspecified atom stereocenters. The van der Waals surface area contributed by atoms with Crippen molar-refractivity contribution in [3.8, 4) is 0 Å². The molecule has 108 valence electrons. The fourth-order valence-electron chi connectivity index (χ4n) is 2.03. The molecule has 0 saturated carbocycles. The van der Waals surface area contributed by atoms with Gasteiger partial charge in [-0.15, -0.1) is 12.4 Å². The van der Waals surface area contributed by atoms with Crippen LogP contribution in [0.2, 0.25) is 5.02 Å². The van der Waals surface area contributed by atoms with Gasteiger partial charge in [-0.25, -0.2) is 8.42 Å². The molecule has 0 spiro atoms. The average molecular weight is 390 g/mol. The molecule has 0 bridgehead atoms. The highest BCUT2D eigenvalue weighted by Crippen LogP contribution is 2.32. The van der Waals surface area contributed by atoms with Gasteiger partial charge in [-0.1, -0.05) is 17.7 Å². The molecule has 1 aliphatic rings. The van der Waals surface area contributed by atoms with Gasteiger partial charge in [0.15, 0.2) is 0 Å². The quantitative estimate of drug-likeness (QED) is 0.845. The molecule has 4 nitrogen and oxygen atoms in total. The van der Waals surface area contributed by atoms with Crippen LogP contribution in [0.5, 0.6) is 0 Å². The lowest BCUT2D eigenvalue weighted by atomic mass is 10.3. The zero-order valence-corrected chi connectivity index (χ0v) is 14.2. The van der Waals surface area contributed by atoms with Crippen molar-refractivity contribution in [1.82, 2.24) is 9.62 Å². The highest BCUT2D eigenvalue weighted by Gasteiger charge is 2.33. The second-order valence-electron chi connectivity index (χ2n) is 4.22. The number of nitrogens with zero attached hydrogens (tertiary/aromatic N) is 1. The van der Waals surface area contributed by atoms with Crippen LogP contribution in [0.3, 0.4) is 0 Å². The summed E-state index contributed by atoms with van der Waals surface area (Å²) in [6.45, 7) is 3.66. The van der Waals surface area contributed by atoms with E-state index in [1.54, 1.807) is 18.2 Å². The number of nitrogens with one attached hydrogen (secondary N) is 1. The van der Waals surface area contributed by atoms with Gasteiger partial charge >= 0.3 is 0 Å². The Morgan fingerprint density at radius 1 is 1.47 bits per heavy atom. The van der Waals surface area contributed by atoms with Crippen LogP contribution in [0.4, 0.5) is 0 Å². The van der Waals surface area contributed by atoms with Crippen molar-refractivity contribution in [3.05, 3.63) is 27.7 Å². The number of benzene rings is 1. The lowest BCUT2D eigenvalue weighted by Crippen LogP contribution is -2.52. The number of hydrogen-bond acceptors (Lipinski definition) is 3. The van der Waals surface area contributed by atoms with Crippen LogP contribution in [0, 0.1) is 0 Å². The average Bonchev–Trinajstić information content (AvgIpc) is 2.28. The lowest BCUT2D eigenvalue weighted by Gasteiger charge is -2.33. The topological polar surface area (TPSA) is 49.4 Å². The molecule has 1 fully saturated rings. The summed E-state index contributed by atoms with van der Waals surface area (Å²) in [7, 11) is -3.56. The van der Waals surface area contributed by atoms with E-state index in [4.69, 9.17) is 11.6 Å². The van der Waals surface area contributed by atoms with E-state index in [1.165, 1.54) is 4.31 Å². The van der Waals surface area contributed by atoms with Crippen molar-refractivity contribution in [1.29, 1.82) is 0 Å². The minimum absolute atomic E-state index is 0. The highest BCUT2D eigenvalue weighted by molar-refractivity contribution is 9.10. The molecule has 1 aliphatic heterocycles. The monoisotopic (exact) mass is 388 g/mol. The molecule has 1 saturated heterocycles. The Labute approximate surface area is 133 Å². The van der Waals surface area contributed by atoms with Crippen molar-refractivity contribution >= 4 is 50.0 Å². The number of halogens is 3. The third-order valence-electron chi connectivity index (χ3n) is 2.93. The maximum atomic E-state index is 12.6. The number of piperazine rings is 1. The van der Waals surface area contributed by atoms with Crippen molar-refractivity contribution in [2.45, 2.75) is 17.9 Å². The van der Waals surface area contributed by atoms with E-state index in [1.807, 2.05) is 6.92 Å². The third kappa shape index (κ3) is 3.43. The van der Waals surface area contributed by atoms with Crippen LogP contribution in [-0.2, 0) is 10.0 Å². The first-order valence-corrected chi connectivity index (χ1v) is 8.22. The zero-order chi connectivity index (χ0) is 13.3. The summed E-state index contributed by atoms with van der Waals surface area (Å²) in [5.74, 6) is 0. The first kappa shape index (κ1) is 17.2. The summed E-state index contributed by atoms with van der Waals surface area (Å²) in [5, 5.41) is 3.41. The first-order chi connectivity index (χ1) is 8.44. The number of hydrogen-bond donors (Lipinski definition) is 1. The van der Waals surface area contributed by atoms with E-state index in [-0.39, 0.29) is 28.4 Å². The molecule has 19 heavy (non-hydrogen) atoms. The largest absolute Gasteiger partial charge is 0.314 e. The van der Waals surface area contributed by atoms with Gasteiger partial charge in [0.25, 0.3) is 0 Å². The van der Waals surface area contributed by atoms with Gasteiger partial charge in [0, 0.05) is 30.1 Å². The molecule has 0 amide bonds. The fraction of sp³-hybridized carbons (Fsp3) is 0.455. The van der Waals surface area contributed by atoms with Crippen LogP contribution in [-0.4, -0.2) is 38.4 Å². The fourth-order valence-corrected chi connectivity index (χ4v) is 5.33. The van der Waals surface area contributed by atoms with Gasteiger partial charge in [0.1, 0.15) is 4.90 Å². The first-order valence-electron chi connectivity index (χ1n) is 5.61. The summed E-state index contributed by atoms with van der Waals surface area (Å²) in [4.78, 5) is 0.153. The molecule has 2 rings (SSSR count). The van der Waals surface area contributed by atoms with Crippen LogP contribution in [0.15, 0.2) is 27.6 Å². The molecular formula is C11H15BrCl2N2O2S. The van der Waals surface area contributed by atoms with E-state index in [9.17, 15) is 8.42 Å². The number of rotatable bonds is 2. The zero-order valence-electron chi connectivity index (χ0n) is 10.3. The molecule has 1 heterocycles. The maximum absolute atomic E-state index is 12.6. The van der Waals surface area contributed by atoms with Gasteiger partial charge in [0.2, 0.25) is 10.0 Å². The van der Waals surface area contributed by atoms with Crippen molar-refractivity contribution in [2.75, 3.05) is 19.6 Å². The third-order valence-corrected chi connectivity index (χ3v) is 6.39. The maximum Gasteiger partial charge on any atom is 0.246 e. The normalized spacial score (nSPS) is 20.9.